The van der Waals surface area contributed by atoms with Crippen molar-refractivity contribution in [2.75, 3.05) is 7.11 Å². The highest BCUT2D eigenvalue weighted by Gasteiger charge is 2.32. The lowest BCUT2D eigenvalue weighted by molar-refractivity contribution is 0.396. The van der Waals surface area contributed by atoms with Gasteiger partial charge in [-0.3, -0.25) is 0 Å². The summed E-state index contributed by atoms with van der Waals surface area (Å²) in [7, 11) is -1.65. The number of aryl methyl sites for hydroxylation is 1. The minimum atomic E-state index is -3.20. The van der Waals surface area contributed by atoms with Crippen LogP contribution in [0.25, 0.3) is 0 Å². The summed E-state index contributed by atoms with van der Waals surface area (Å²) < 4.78 is 30.5. The molecule has 3 rings (SSSR count). The van der Waals surface area contributed by atoms with Gasteiger partial charge in [-0.25, -0.2) is 13.4 Å². The normalized spacial score (nSPS) is 14.8. The van der Waals surface area contributed by atoms with Gasteiger partial charge in [0.2, 0.25) is 5.88 Å². The molecule has 0 saturated carbocycles. The number of benzene rings is 1. The van der Waals surface area contributed by atoms with Crippen LogP contribution in [-0.2, 0) is 28.4 Å². The molecule has 0 amide bonds. The Labute approximate surface area is 131 Å². The monoisotopic (exact) mass is 317 g/mol. The van der Waals surface area contributed by atoms with E-state index in [2.05, 4.69) is 4.98 Å². The van der Waals surface area contributed by atoms with E-state index in [4.69, 9.17) is 4.74 Å². The van der Waals surface area contributed by atoms with Crippen LogP contribution < -0.4 is 4.74 Å². The van der Waals surface area contributed by atoms with E-state index < -0.39 is 9.84 Å². The molecule has 1 aromatic carbocycles. The maximum absolute atomic E-state index is 12.7. The Hall–Kier alpha value is -1.88. The average Bonchev–Trinajstić information content (AvgIpc) is 2.94. The molecule has 0 atom stereocenters. The van der Waals surface area contributed by atoms with Crippen LogP contribution in [0, 0.1) is 6.92 Å². The zero-order valence-corrected chi connectivity index (χ0v) is 13.6. The molecule has 5 heteroatoms. The SMILES string of the molecule is COc1ccc(CS(=O)(=O)C2Cc3ccccc3C2)c(C)n1. The lowest BCUT2D eigenvalue weighted by Crippen LogP contribution is -2.23. The fourth-order valence-corrected chi connectivity index (χ4v) is 4.78. The van der Waals surface area contributed by atoms with Crippen LogP contribution in [0.3, 0.4) is 0 Å². The van der Waals surface area contributed by atoms with E-state index >= 15 is 0 Å². The summed E-state index contributed by atoms with van der Waals surface area (Å²) in [5.41, 5.74) is 3.76. The Morgan fingerprint density at radius 1 is 1.14 bits per heavy atom. The highest BCUT2D eigenvalue weighted by Crippen LogP contribution is 2.28. The molecular formula is C17H19NO3S. The van der Waals surface area contributed by atoms with Gasteiger partial charge in [-0.05, 0) is 36.5 Å². The van der Waals surface area contributed by atoms with Gasteiger partial charge in [-0.2, -0.15) is 0 Å². The van der Waals surface area contributed by atoms with Gasteiger partial charge in [0.05, 0.1) is 18.1 Å². The first-order valence-corrected chi connectivity index (χ1v) is 9.00. The fourth-order valence-electron chi connectivity index (χ4n) is 2.94. The number of sulfone groups is 1. The van der Waals surface area contributed by atoms with Crippen molar-refractivity contribution in [1.29, 1.82) is 0 Å². The molecule has 1 heterocycles. The van der Waals surface area contributed by atoms with Crippen LogP contribution in [0.15, 0.2) is 36.4 Å². The molecule has 0 spiro atoms. The van der Waals surface area contributed by atoms with Gasteiger partial charge in [0.1, 0.15) is 0 Å². The van der Waals surface area contributed by atoms with Crippen molar-refractivity contribution in [1.82, 2.24) is 4.98 Å². The number of fused-ring (bicyclic) bond motifs is 1. The molecule has 0 radical (unpaired) electrons. The van der Waals surface area contributed by atoms with Gasteiger partial charge < -0.3 is 4.74 Å². The lowest BCUT2D eigenvalue weighted by Gasteiger charge is -2.13. The maximum atomic E-state index is 12.7. The smallest absolute Gasteiger partial charge is 0.213 e. The average molecular weight is 317 g/mol. The Balaban J connectivity index is 1.81. The second kappa shape index (κ2) is 5.72. The van der Waals surface area contributed by atoms with E-state index in [1.165, 1.54) is 0 Å². The molecule has 2 aromatic rings. The molecule has 0 bridgehead atoms. The van der Waals surface area contributed by atoms with Gasteiger partial charge in [-0.1, -0.05) is 30.3 Å². The minimum Gasteiger partial charge on any atom is -0.481 e. The number of aromatic nitrogens is 1. The number of pyridine rings is 1. The molecule has 0 unspecified atom stereocenters. The summed E-state index contributed by atoms with van der Waals surface area (Å²) >= 11 is 0. The van der Waals surface area contributed by atoms with Crippen LogP contribution in [0.5, 0.6) is 5.88 Å². The largest absolute Gasteiger partial charge is 0.481 e. The Bertz CT molecular complexity index is 774. The fraction of sp³-hybridized carbons (Fsp3) is 0.353. The third kappa shape index (κ3) is 2.86. The topological polar surface area (TPSA) is 56.3 Å². The van der Waals surface area contributed by atoms with Crippen molar-refractivity contribution < 1.29 is 13.2 Å². The van der Waals surface area contributed by atoms with E-state index in [-0.39, 0.29) is 11.0 Å². The second-order valence-corrected chi connectivity index (χ2v) is 7.99. The quantitative estimate of drug-likeness (QED) is 0.869. The third-order valence-corrected chi connectivity index (χ3v) is 6.32. The Kier molecular flexibility index (Phi) is 3.91. The highest BCUT2D eigenvalue weighted by molar-refractivity contribution is 7.91. The molecule has 4 nitrogen and oxygen atoms in total. The van der Waals surface area contributed by atoms with Crippen molar-refractivity contribution in [2.24, 2.45) is 0 Å². The maximum Gasteiger partial charge on any atom is 0.213 e. The zero-order valence-electron chi connectivity index (χ0n) is 12.7. The van der Waals surface area contributed by atoms with Gasteiger partial charge in [0, 0.05) is 11.8 Å². The number of hydrogen-bond acceptors (Lipinski definition) is 4. The number of hydrogen-bond donors (Lipinski definition) is 0. The molecule has 22 heavy (non-hydrogen) atoms. The summed E-state index contributed by atoms with van der Waals surface area (Å²) in [6.07, 6.45) is 1.22. The molecule has 0 saturated heterocycles. The zero-order chi connectivity index (χ0) is 15.7. The third-order valence-electron chi connectivity index (χ3n) is 4.26. The van der Waals surface area contributed by atoms with Crippen LogP contribution >= 0.6 is 0 Å². The van der Waals surface area contributed by atoms with Crippen molar-refractivity contribution in [3.63, 3.8) is 0 Å². The van der Waals surface area contributed by atoms with Crippen molar-refractivity contribution in [2.45, 2.75) is 30.8 Å². The highest BCUT2D eigenvalue weighted by atomic mass is 32.2. The van der Waals surface area contributed by atoms with Crippen molar-refractivity contribution in [3.05, 3.63) is 58.8 Å². The van der Waals surface area contributed by atoms with Gasteiger partial charge in [0.15, 0.2) is 9.84 Å². The minimum absolute atomic E-state index is 0.0362. The molecular weight excluding hydrogens is 298 g/mol. The predicted molar refractivity (Wildman–Crippen MR) is 85.8 cm³/mol. The lowest BCUT2D eigenvalue weighted by atomic mass is 10.1. The summed E-state index contributed by atoms with van der Waals surface area (Å²) in [5, 5.41) is -0.327. The first-order valence-electron chi connectivity index (χ1n) is 7.28. The summed E-state index contributed by atoms with van der Waals surface area (Å²) in [6.45, 7) is 1.82. The summed E-state index contributed by atoms with van der Waals surface area (Å²) in [4.78, 5) is 4.26. The van der Waals surface area contributed by atoms with Crippen LogP contribution in [0.4, 0.5) is 0 Å². The van der Waals surface area contributed by atoms with E-state index in [0.717, 1.165) is 16.7 Å². The molecule has 116 valence electrons. The van der Waals surface area contributed by atoms with Crippen molar-refractivity contribution in [3.8, 4) is 5.88 Å². The first kappa shape index (κ1) is 15.0. The number of rotatable bonds is 4. The number of nitrogens with zero attached hydrogens (tertiary/aromatic N) is 1. The summed E-state index contributed by atoms with van der Waals surface area (Å²) in [5.74, 6) is 0.543. The molecule has 0 N–H and O–H groups in total. The van der Waals surface area contributed by atoms with Crippen molar-refractivity contribution >= 4 is 9.84 Å². The molecule has 0 fully saturated rings. The molecule has 1 aliphatic carbocycles. The van der Waals surface area contributed by atoms with Crippen LogP contribution in [-0.4, -0.2) is 25.8 Å². The van der Waals surface area contributed by atoms with Gasteiger partial charge in [-0.15, -0.1) is 0 Å². The van der Waals surface area contributed by atoms with Gasteiger partial charge >= 0.3 is 0 Å². The predicted octanol–water partition coefficient (Wildman–Crippen LogP) is 2.48. The van der Waals surface area contributed by atoms with E-state index in [1.54, 1.807) is 19.2 Å². The van der Waals surface area contributed by atoms with Gasteiger partial charge in [0.25, 0.3) is 0 Å². The Morgan fingerprint density at radius 3 is 2.32 bits per heavy atom. The Morgan fingerprint density at radius 2 is 1.77 bits per heavy atom. The van der Waals surface area contributed by atoms with E-state index in [9.17, 15) is 8.42 Å². The molecule has 1 aromatic heterocycles. The molecule has 1 aliphatic rings. The molecule has 0 aliphatic heterocycles. The number of methoxy groups -OCH3 is 1. The van der Waals surface area contributed by atoms with Crippen LogP contribution in [0.2, 0.25) is 0 Å². The second-order valence-electron chi connectivity index (χ2n) is 5.70. The van der Waals surface area contributed by atoms with Crippen LogP contribution in [0.1, 0.15) is 22.4 Å². The summed E-state index contributed by atoms with van der Waals surface area (Å²) in [6, 6.07) is 11.5. The number of ether oxygens (including phenoxy) is 1. The standard InChI is InChI=1S/C17H19NO3S/c1-12-15(7-8-17(18-12)21-2)11-22(19,20)16-9-13-5-3-4-6-14(13)10-16/h3-8,16H,9-11H2,1-2H3. The first-order chi connectivity index (χ1) is 10.5. The van der Waals surface area contributed by atoms with E-state index in [1.807, 2.05) is 31.2 Å². The van der Waals surface area contributed by atoms with E-state index in [0.29, 0.717) is 24.4 Å².